The fraction of sp³-hybridized carbons (Fsp3) is 0.857. The van der Waals surface area contributed by atoms with Crippen molar-refractivity contribution in [1.29, 1.82) is 0 Å². The number of ether oxygens (including phenoxy) is 2. The highest BCUT2D eigenvalue weighted by atomic mass is 16.6. The molecule has 0 aromatic carbocycles. The van der Waals surface area contributed by atoms with E-state index in [2.05, 4.69) is 5.32 Å². The summed E-state index contributed by atoms with van der Waals surface area (Å²) in [5.74, 6) is -0.107. The van der Waals surface area contributed by atoms with Crippen molar-refractivity contribution < 1.29 is 19.1 Å². The average molecular weight is 286 g/mol. The van der Waals surface area contributed by atoms with Gasteiger partial charge in [0, 0.05) is 26.8 Å². The van der Waals surface area contributed by atoms with Crippen molar-refractivity contribution >= 4 is 12.0 Å². The van der Waals surface area contributed by atoms with Gasteiger partial charge in [-0.05, 0) is 40.0 Å². The Bertz CT molecular complexity index is 339. The van der Waals surface area contributed by atoms with Gasteiger partial charge in [0.25, 0.3) is 0 Å². The van der Waals surface area contributed by atoms with Crippen molar-refractivity contribution in [2.75, 3.05) is 26.8 Å². The Morgan fingerprint density at radius 2 is 2.05 bits per heavy atom. The molecule has 0 aromatic rings. The van der Waals surface area contributed by atoms with Gasteiger partial charge in [-0.3, -0.25) is 9.69 Å². The van der Waals surface area contributed by atoms with E-state index in [1.54, 1.807) is 7.11 Å². The van der Waals surface area contributed by atoms with Crippen molar-refractivity contribution in [2.24, 2.45) is 0 Å². The lowest BCUT2D eigenvalue weighted by molar-refractivity contribution is -0.125. The van der Waals surface area contributed by atoms with Gasteiger partial charge in [-0.15, -0.1) is 0 Å². The molecule has 0 bridgehead atoms. The number of carbonyl (C=O) groups is 2. The van der Waals surface area contributed by atoms with Crippen molar-refractivity contribution in [2.45, 2.75) is 51.7 Å². The van der Waals surface area contributed by atoms with Crippen LogP contribution < -0.4 is 5.32 Å². The lowest BCUT2D eigenvalue weighted by Gasteiger charge is -2.28. The third kappa shape index (κ3) is 5.36. The molecule has 0 spiro atoms. The second-order valence-electron chi connectivity index (χ2n) is 5.97. The molecule has 1 saturated heterocycles. The molecule has 1 heterocycles. The minimum Gasteiger partial charge on any atom is -0.444 e. The SMILES string of the molecule is COCCCNC(=O)[C@H]1CCCN1C(=O)OC(C)(C)C. The van der Waals surface area contributed by atoms with Crippen LogP contribution in [0, 0.1) is 0 Å². The van der Waals surface area contributed by atoms with E-state index in [0.717, 1.165) is 12.8 Å². The van der Waals surface area contributed by atoms with Gasteiger partial charge in [0.1, 0.15) is 11.6 Å². The summed E-state index contributed by atoms with van der Waals surface area (Å²) in [5, 5.41) is 2.84. The molecule has 0 saturated carbocycles. The lowest BCUT2D eigenvalue weighted by atomic mass is 10.2. The van der Waals surface area contributed by atoms with Gasteiger partial charge in [0.2, 0.25) is 5.91 Å². The third-order valence-electron chi connectivity index (χ3n) is 3.01. The van der Waals surface area contributed by atoms with Gasteiger partial charge in [-0.2, -0.15) is 0 Å². The van der Waals surface area contributed by atoms with Crippen LogP contribution in [0.4, 0.5) is 4.79 Å². The molecule has 0 aromatic heterocycles. The number of methoxy groups -OCH3 is 1. The van der Waals surface area contributed by atoms with Crippen molar-refractivity contribution in [1.82, 2.24) is 10.2 Å². The topological polar surface area (TPSA) is 67.9 Å². The minimum absolute atomic E-state index is 0.107. The van der Waals surface area contributed by atoms with Crippen LogP contribution >= 0.6 is 0 Å². The predicted molar refractivity (Wildman–Crippen MR) is 75.5 cm³/mol. The van der Waals surface area contributed by atoms with E-state index in [9.17, 15) is 9.59 Å². The molecule has 116 valence electrons. The Morgan fingerprint density at radius 1 is 1.35 bits per heavy atom. The summed E-state index contributed by atoms with van der Waals surface area (Å²) in [4.78, 5) is 25.7. The fourth-order valence-electron chi connectivity index (χ4n) is 2.12. The number of amides is 2. The molecule has 20 heavy (non-hydrogen) atoms. The first-order valence-corrected chi connectivity index (χ1v) is 7.11. The third-order valence-corrected chi connectivity index (χ3v) is 3.01. The largest absolute Gasteiger partial charge is 0.444 e. The number of nitrogens with one attached hydrogen (secondary N) is 1. The maximum absolute atomic E-state index is 12.1. The molecule has 1 aliphatic rings. The summed E-state index contributed by atoms with van der Waals surface area (Å²) >= 11 is 0. The van der Waals surface area contributed by atoms with Crippen LogP contribution in [0.25, 0.3) is 0 Å². The zero-order valence-corrected chi connectivity index (χ0v) is 12.9. The van der Waals surface area contributed by atoms with Crippen LogP contribution in [0.3, 0.4) is 0 Å². The molecule has 1 fully saturated rings. The maximum Gasteiger partial charge on any atom is 0.410 e. The van der Waals surface area contributed by atoms with Crippen LogP contribution in [0.1, 0.15) is 40.0 Å². The van der Waals surface area contributed by atoms with Crippen molar-refractivity contribution in [3.05, 3.63) is 0 Å². The highest BCUT2D eigenvalue weighted by molar-refractivity contribution is 5.86. The molecular formula is C14H26N2O4. The Labute approximate surface area is 120 Å². The number of hydrogen-bond donors (Lipinski definition) is 1. The van der Waals surface area contributed by atoms with E-state index in [0.29, 0.717) is 26.1 Å². The number of rotatable bonds is 5. The first-order chi connectivity index (χ1) is 9.35. The zero-order valence-electron chi connectivity index (χ0n) is 12.9. The molecule has 1 aliphatic heterocycles. The Morgan fingerprint density at radius 3 is 2.65 bits per heavy atom. The van der Waals surface area contributed by atoms with Crippen LogP contribution in [0.5, 0.6) is 0 Å². The molecule has 0 aliphatic carbocycles. The second-order valence-corrected chi connectivity index (χ2v) is 5.97. The standard InChI is InChI=1S/C14H26N2O4/c1-14(2,3)20-13(18)16-9-5-7-11(16)12(17)15-8-6-10-19-4/h11H,5-10H2,1-4H3,(H,15,17)/t11-/m1/s1. The molecule has 1 rings (SSSR count). The molecule has 1 N–H and O–H groups in total. The van der Waals surface area contributed by atoms with E-state index in [1.807, 2.05) is 20.8 Å². The smallest absolute Gasteiger partial charge is 0.410 e. The zero-order chi connectivity index (χ0) is 15.2. The van der Waals surface area contributed by atoms with Gasteiger partial charge in [-0.25, -0.2) is 4.79 Å². The van der Waals surface area contributed by atoms with Crippen LogP contribution in [-0.4, -0.2) is 55.3 Å². The Balaban J connectivity index is 2.47. The first kappa shape index (κ1) is 16.8. The first-order valence-electron chi connectivity index (χ1n) is 7.11. The van der Waals surface area contributed by atoms with E-state index in [1.165, 1.54) is 4.90 Å². The summed E-state index contributed by atoms with van der Waals surface area (Å²) < 4.78 is 10.3. The van der Waals surface area contributed by atoms with Crippen LogP contribution in [0.2, 0.25) is 0 Å². The van der Waals surface area contributed by atoms with E-state index < -0.39 is 17.7 Å². The number of hydrogen-bond acceptors (Lipinski definition) is 4. The predicted octanol–water partition coefficient (Wildman–Crippen LogP) is 1.54. The highest BCUT2D eigenvalue weighted by Gasteiger charge is 2.36. The fourth-order valence-corrected chi connectivity index (χ4v) is 2.12. The van der Waals surface area contributed by atoms with Crippen molar-refractivity contribution in [3.63, 3.8) is 0 Å². The molecule has 0 radical (unpaired) electrons. The van der Waals surface area contributed by atoms with Crippen molar-refractivity contribution in [3.8, 4) is 0 Å². The molecular weight excluding hydrogens is 260 g/mol. The second kappa shape index (κ2) is 7.47. The van der Waals surface area contributed by atoms with Gasteiger partial charge >= 0.3 is 6.09 Å². The average Bonchev–Trinajstić information content (AvgIpc) is 2.81. The highest BCUT2D eigenvalue weighted by Crippen LogP contribution is 2.20. The van der Waals surface area contributed by atoms with E-state index in [-0.39, 0.29) is 5.91 Å². The lowest BCUT2D eigenvalue weighted by Crippen LogP contribution is -2.47. The van der Waals surface area contributed by atoms with E-state index in [4.69, 9.17) is 9.47 Å². The van der Waals surface area contributed by atoms with Crippen LogP contribution in [-0.2, 0) is 14.3 Å². The summed E-state index contributed by atoms with van der Waals surface area (Å²) in [6.45, 7) is 7.21. The minimum atomic E-state index is -0.542. The van der Waals surface area contributed by atoms with Crippen LogP contribution in [0.15, 0.2) is 0 Å². The molecule has 6 heteroatoms. The van der Waals surface area contributed by atoms with Gasteiger partial charge in [-0.1, -0.05) is 0 Å². The summed E-state index contributed by atoms with van der Waals surface area (Å²) in [6, 6.07) is -0.410. The number of carbonyl (C=O) groups excluding carboxylic acids is 2. The van der Waals surface area contributed by atoms with Gasteiger partial charge in [0.15, 0.2) is 0 Å². The quantitative estimate of drug-likeness (QED) is 0.778. The normalized spacial score (nSPS) is 19.0. The number of likely N-dealkylation sites (tertiary alicyclic amines) is 1. The Hall–Kier alpha value is -1.30. The molecule has 1 atom stereocenters. The monoisotopic (exact) mass is 286 g/mol. The Kier molecular flexibility index (Phi) is 6.26. The molecule has 0 unspecified atom stereocenters. The van der Waals surface area contributed by atoms with Gasteiger partial charge < -0.3 is 14.8 Å². The van der Waals surface area contributed by atoms with E-state index >= 15 is 0 Å². The maximum atomic E-state index is 12.1. The molecule has 6 nitrogen and oxygen atoms in total. The number of nitrogens with zero attached hydrogens (tertiary/aromatic N) is 1. The summed E-state index contributed by atoms with van der Waals surface area (Å²) in [5.41, 5.74) is -0.542. The summed E-state index contributed by atoms with van der Waals surface area (Å²) in [7, 11) is 1.63. The summed E-state index contributed by atoms with van der Waals surface area (Å²) in [6.07, 6.45) is 1.87. The molecule has 2 amide bonds. The van der Waals surface area contributed by atoms with Gasteiger partial charge in [0.05, 0.1) is 0 Å².